The van der Waals surface area contributed by atoms with Crippen LogP contribution in [0.2, 0.25) is 0 Å². The average molecular weight is 514 g/mol. The molecule has 4 aromatic rings. The van der Waals surface area contributed by atoms with Crippen LogP contribution in [-0.2, 0) is 16.0 Å². The molecule has 1 unspecified atom stereocenters. The smallest absolute Gasteiger partial charge is 0.326 e. The third-order valence-corrected chi connectivity index (χ3v) is 5.75. The van der Waals surface area contributed by atoms with Gasteiger partial charge in [-0.25, -0.2) is 9.78 Å². The van der Waals surface area contributed by atoms with Gasteiger partial charge in [-0.3, -0.25) is 14.0 Å². The Bertz CT molecular complexity index is 1470. The van der Waals surface area contributed by atoms with E-state index in [0.717, 1.165) is 16.9 Å². The molecule has 9 heteroatoms. The Hall–Kier alpha value is -4.66. The minimum atomic E-state index is -1.11. The Morgan fingerprint density at radius 2 is 1.68 bits per heavy atom. The number of carboxylic acids is 1. The lowest BCUT2D eigenvalue weighted by molar-refractivity contribution is -0.139. The number of aromatic nitrogens is 2. The molecule has 4 rings (SSSR count). The van der Waals surface area contributed by atoms with Gasteiger partial charge in [0.1, 0.15) is 23.2 Å². The molecular formula is C29H31N5O4. The van der Waals surface area contributed by atoms with E-state index in [1.165, 1.54) is 6.92 Å². The first kappa shape index (κ1) is 26.4. The number of carbonyl (C=O) groups excluding carboxylic acids is 2. The molecule has 196 valence electrons. The molecule has 0 aliphatic carbocycles. The second-order valence-electron chi connectivity index (χ2n) is 10.1. The highest BCUT2D eigenvalue weighted by Gasteiger charge is 2.23. The standard InChI is InChI=1S/C29H31N5O4/c1-18(35)30-22-12-10-20(11-13-22)25-26(33-29(2,3)4)34-15-14-21(17-24(34)32-25)27(36)31-23(28(37)38)16-19-8-6-5-7-9-19/h5-15,17,23,33H,16H2,1-4H3,(H,30,35)(H,31,36)(H,37,38). The van der Waals surface area contributed by atoms with Gasteiger partial charge in [0.05, 0.1) is 0 Å². The van der Waals surface area contributed by atoms with E-state index >= 15 is 0 Å². The van der Waals surface area contributed by atoms with Crippen molar-refractivity contribution >= 4 is 34.9 Å². The summed E-state index contributed by atoms with van der Waals surface area (Å²) in [5, 5.41) is 18.6. The van der Waals surface area contributed by atoms with Gasteiger partial charge < -0.3 is 21.1 Å². The lowest BCUT2D eigenvalue weighted by atomic mass is 10.1. The molecule has 0 aliphatic heterocycles. The van der Waals surface area contributed by atoms with Crippen LogP contribution >= 0.6 is 0 Å². The molecular weight excluding hydrogens is 482 g/mol. The molecule has 4 N–H and O–H groups in total. The van der Waals surface area contributed by atoms with Crippen LogP contribution in [0.4, 0.5) is 11.5 Å². The molecule has 2 amide bonds. The van der Waals surface area contributed by atoms with Crippen molar-refractivity contribution in [1.29, 1.82) is 0 Å². The summed E-state index contributed by atoms with van der Waals surface area (Å²) in [6.45, 7) is 7.57. The highest BCUT2D eigenvalue weighted by atomic mass is 16.4. The monoisotopic (exact) mass is 513 g/mol. The van der Waals surface area contributed by atoms with Gasteiger partial charge in [0.15, 0.2) is 0 Å². The van der Waals surface area contributed by atoms with Crippen molar-refractivity contribution in [2.75, 3.05) is 10.6 Å². The largest absolute Gasteiger partial charge is 0.480 e. The number of hydrogen-bond donors (Lipinski definition) is 4. The maximum atomic E-state index is 13.0. The summed E-state index contributed by atoms with van der Waals surface area (Å²) in [6, 6.07) is 18.7. The first-order chi connectivity index (χ1) is 18.0. The van der Waals surface area contributed by atoms with E-state index in [2.05, 4.69) is 16.0 Å². The first-order valence-electron chi connectivity index (χ1n) is 12.3. The van der Waals surface area contributed by atoms with Crippen LogP contribution in [0.1, 0.15) is 43.6 Å². The molecule has 0 saturated heterocycles. The van der Waals surface area contributed by atoms with Crippen LogP contribution in [0.15, 0.2) is 72.9 Å². The summed E-state index contributed by atoms with van der Waals surface area (Å²) < 4.78 is 1.86. The molecule has 0 aliphatic rings. The van der Waals surface area contributed by atoms with E-state index in [-0.39, 0.29) is 17.9 Å². The summed E-state index contributed by atoms with van der Waals surface area (Å²) >= 11 is 0. The summed E-state index contributed by atoms with van der Waals surface area (Å²) in [7, 11) is 0. The molecule has 9 nitrogen and oxygen atoms in total. The Labute approximate surface area is 220 Å². The summed E-state index contributed by atoms with van der Waals surface area (Å²) in [5.41, 5.74) is 3.56. The van der Waals surface area contributed by atoms with Crippen LogP contribution in [0, 0.1) is 0 Å². The van der Waals surface area contributed by atoms with Crippen LogP contribution < -0.4 is 16.0 Å². The van der Waals surface area contributed by atoms with Gasteiger partial charge in [-0.1, -0.05) is 42.5 Å². The third-order valence-electron chi connectivity index (χ3n) is 5.75. The summed E-state index contributed by atoms with van der Waals surface area (Å²) in [6.07, 6.45) is 1.92. The van der Waals surface area contributed by atoms with Crippen molar-refractivity contribution in [3.8, 4) is 11.3 Å². The Balaban J connectivity index is 1.66. The fourth-order valence-corrected chi connectivity index (χ4v) is 4.07. The molecule has 0 fully saturated rings. The lowest BCUT2D eigenvalue weighted by Crippen LogP contribution is -2.42. The second-order valence-corrected chi connectivity index (χ2v) is 10.1. The summed E-state index contributed by atoms with van der Waals surface area (Å²) in [4.78, 5) is 41.1. The fraction of sp³-hybridized carbons (Fsp3) is 0.241. The van der Waals surface area contributed by atoms with Gasteiger partial charge in [0.2, 0.25) is 5.91 Å². The molecule has 2 heterocycles. The lowest BCUT2D eigenvalue weighted by Gasteiger charge is -2.22. The first-order valence-corrected chi connectivity index (χ1v) is 12.3. The zero-order chi connectivity index (χ0) is 27.4. The molecule has 0 spiro atoms. The van der Waals surface area contributed by atoms with Gasteiger partial charge in [-0.05, 0) is 50.6 Å². The number of amides is 2. The highest BCUT2D eigenvalue weighted by Crippen LogP contribution is 2.32. The number of carbonyl (C=O) groups is 3. The normalized spacial score (nSPS) is 12.1. The van der Waals surface area contributed by atoms with E-state index < -0.39 is 17.9 Å². The number of carboxylic acid groups (broad SMARTS) is 1. The molecule has 2 aromatic carbocycles. The Morgan fingerprint density at radius 1 is 1.00 bits per heavy atom. The SMILES string of the molecule is CC(=O)Nc1ccc(-c2nc3cc(C(=O)NC(Cc4ccccc4)C(=O)O)ccn3c2NC(C)(C)C)cc1. The molecule has 1 atom stereocenters. The van der Waals surface area contributed by atoms with E-state index in [4.69, 9.17) is 4.98 Å². The van der Waals surface area contributed by atoms with E-state index in [1.54, 1.807) is 30.5 Å². The number of pyridine rings is 1. The van der Waals surface area contributed by atoms with Crippen molar-refractivity contribution in [3.05, 3.63) is 84.1 Å². The van der Waals surface area contributed by atoms with E-state index in [0.29, 0.717) is 22.6 Å². The highest BCUT2D eigenvalue weighted by molar-refractivity contribution is 5.97. The van der Waals surface area contributed by atoms with Crippen molar-refractivity contribution in [2.45, 2.75) is 45.7 Å². The number of nitrogens with zero attached hydrogens (tertiary/aromatic N) is 2. The van der Waals surface area contributed by atoms with E-state index in [1.807, 2.05) is 67.6 Å². The topological polar surface area (TPSA) is 125 Å². The number of aliphatic carboxylic acids is 1. The van der Waals surface area contributed by atoms with Gasteiger partial charge in [0, 0.05) is 41.9 Å². The molecule has 38 heavy (non-hydrogen) atoms. The van der Waals surface area contributed by atoms with Gasteiger partial charge in [-0.15, -0.1) is 0 Å². The van der Waals surface area contributed by atoms with Gasteiger partial charge >= 0.3 is 5.97 Å². The van der Waals surface area contributed by atoms with Crippen molar-refractivity contribution in [3.63, 3.8) is 0 Å². The van der Waals surface area contributed by atoms with Crippen LogP contribution in [0.3, 0.4) is 0 Å². The summed E-state index contributed by atoms with van der Waals surface area (Å²) in [5.74, 6) is -1.00. The van der Waals surface area contributed by atoms with Crippen molar-refractivity contribution < 1.29 is 19.5 Å². The van der Waals surface area contributed by atoms with Crippen LogP contribution in [0.25, 0.3) is 16.9 Å². The fourth-order valence-electron chi connectivity index (χ4n) is 4.07. The number of hydrogen-bond acceptors (Lipinski definition) is 5. The Kier molecular flexibility index (Phi) is 7.47. The maximum Gasteiger partial charge on any atom is 0.326 e. The molecule has 2 aromatic heterocycles. The minimum absolute atomic E-state index is 0.153. The minimum Gasteiger partial charge on any atom is -0.480 e. The molecule has 0 saturated carbocycles. The number of anilines is 2. The van der Waals surface area contributed by atoms with Crippen molar-refractivity contribution in [2.24, 2.45) is 0 Å². The predicted octanol–water partition coefficient (Wildman–Crippen LogP) is 4.60. The predicted molar refractivity (Wildman–Crippen MR) is 147 cm³/mol. The average Bonchev–Trinajstić information content (AvgIpc) is 3.20. The number of benzene rings is 2. The number of fused-ring (bicyclic) bond motifs is 1. The number of nitrogens with one attached hydrogen (secondary N) is 3. The van der Waals surface area contributed by atoms with Crippen molar-refractivity contribution in [1.82, 2.24) is 14.7 Å². The molecule has 0 radical (unpaired) electrons. The van der Waals surface area contributed by atoms with E-state index in [9.17, 15) is 19.5 Å². The molecule has 0 bridgehead atoms. The zero-order valence-electron chi connectivity index (χ0n) is 21.8. The Morgan fingerprint density at radius 3 is 2.29 bits per heavy atom. The second kappa shape index (κ2) is 10.8. The maximum absolute atomic E-state index is 13.0. The van der Waals surface area contributed by atoms with Gasteiger partial charge in [0.25, 0.3) is 5.91 Å². The quantitative estimate of drug-likeness (QED) is 0.273. The van der Waals surface area contributed by atoms with Crippen LogP contribution in [-0.4, -0.2) is 43.9 Å². The number of imidazole rings is 1. The van der Waals surface area contributed by atoms with Gasteiger partial charge in [-0.2, -0.15) is 0 Å². The zero-order valence-corrected chi connectivity index (χ0v) is 21.8. The third kappa shape index (κ3) is 6.36. The van der Waals surface area contributed by atoms with Crippen LogP contribution in [0.5, 0.6) is 0 Å². The number of rotatable bonds is 8.